The van der Waals surface area contributed by atoms with Crippen molar-refractivity contribution < 1.29 is 0 Å². The SMILES string of the molecule is CC(C)c1nnc2n1CCN(CC1CCNCC1)C2.Cl. The number of aromatic nitrogens is 3. The average molecular weight is 300 g/mol. The van der Waals surface area contributed by atoms with Crippen LogP contribution in [0.4, 0.5) is 0 Å². The first-order chi connectivity index (χ1) is 9.24. The van der Waals surface area contributed by atoms with E-state index < -0.39 is 0 Å². The summed E-state index contributed by atoms with van der Waals surface area (Å²) in [4.78, 5) is 2.56. The summed E-state index contributed by atoms with van der Waals surface area (Å²) in [7, 11) is 0. The van der Waals surface area contributed by atoms with Crippen LogP contribution in [-0.4, -0.2) is 45.8 Å². The average Bonchev–Trinajstić information content (AvgIpc) is 2.83. The maximum Gasteiger partial charge on any atom is 0.147 e. The van der Waals surface area contributed by atoms with E-state index in [1.54, 1.807) is 0 Å². The van der Waals surface area contributed by atoms with Crippen molar-refractivity contribution in [2.45, 2.75) is 45.7 Å². The van der Waals surface area contributed by atoms with E-state index in [0.717, 1.165) is 37.2 Å². The Balaban J connectivity index is 0.00000147. The molecule has 0 aliphatic carbocycles. The Morgan fingerprint density at radius 2 is 1.95 bits per heavy atom. The van der Waals surface area contributed by atoms with Crippen molar-refractivity contribution in [3.05, 3.63) is 11.6 Å². The van der Waals surface area contributed by atoms with Gasteiger partial charge in [0.15, 0.2) is 0 Å². The minimum absolute atomic E-state index is 0. The molecule has 0 aromatic carbocycles. The molecular formula is C14H26ClN5. The molecule has 0 unspecified atom stereocenters. The van der Waals surface area contributed by atoms with Gasteiger partial charge in [-0.05, 0) is 31.8 Å². The molecule has 1 N–H and O–H groups in total. The number of nitrogens with one attached hydrogen (secondary N) is 1. The molecule has 5 nitrogen and oxygen atoms in total. The number of piperidine rings is 1. The molecule has 0 atom stereocenters. The molecule has 1 saturated heterocycles. The molecule has 1 aromatic heterocycles. The van der Waals surface area contributed by atoms with E-state index >= 15 is 0 Å². The second-order valence-corrected chi connectivity index (χ2v) is 6.21. The third-order valence-electron chi connectivity index (χ3n) is 4.35. The highest BCUT2D eigenvalue weighted by atomic mass is 35.5. The van der Waals surface area contributed by atoms with Gasteiger partial charge in [0.1, 0.15) is 11.6 Å². The topological polar surface area (TPSA) is 46.0 Å². The fraction of sp³-hybridized carbons (Fsp3) is 0.857. The van der Waals surface area contributed by atoms with Crippen molar-refractivity contribution in [2.24, 2.45) is 5.92 Å². The smallest absolute Gasteiger partial charge is 0.147 e. The molecular weight excluding hydrogens is 274 g/mol. The molecule has 1 aromatic rings. The zero-order valence-electron chi connectivity index (χ0n) is 12.5. The largest absolute Gasteiger partial charge is 0.317 e. The zero-order chi connectivity index (χ0) is 13.2. The van der Waals surface area contributed by atoms with Gasteiger partial charge in [-0.3, -0.25) is 4.90 Å². The predicted octanol–water partition coefficient (Wildman–Crippen LogP) is 1.64. The normalized spacial score (nSPS) is 20.8. The number of fused-ring (bicyclic) bond motifs is 1. The van der Waals surface area contributed by atoms with E-state index in [-0.39, 0.29) is 12.4 Å². The molecule has 6 heteroatoms. The summed E-state index contributed by atoms with van der Waals surface area (Å²) in [6.45, 7) is 11.2. The van der Waals surface area contributed by atoms with Gasteiger partial charge in [0.2, 0.25) is 0 Å². The first-order valence-electron chi connectivity index (χ1n) is 7.59. The Morgan fingerprint density at radius 3 is 2.65 bits per heavy atom. The van der Waals surface area contributed by atoms with Crippen LogP contribution >= 0.6 is 12.4 Å². The van der Waals surface area contributed by atoms with Crippen LogP contribution in [0.2, 0.25) is 0 Å². The summed E-state index contributed by atoms with van der Waals surface area (Å²) in [5.74, 6) is 3.64. The van der Waals surface area contributed by atoms with Crippen LogP contribution in [0.3, 0.4) is 0 Å². The lowest BCUT2D eigenvalue weighted by Crippen LogP contribution is -2.40. The van der Waals surface area contributed by atoms with Crippen LogP contribution in [0.5, 0.6) is 0 Å². The summed E-state index contributed by atoms with van der Waals surface area (Å²) in [5, 5.41) is 12.2. The Labute approximate surface area is 127 Å². The van der Waals surface area contributed by atoms with Crippen molar-refractivity contribution in [1.82, 2.24) is 25.0 Å². The van der Waals surface area contributed by atoms with Gasteiger partial charge < -0.3 is 9.88 Å². The minimum atomic E-state index is 0. The molecule has 2 aliphatic rings. The van der Waals surface area contributed by atoms with Crippen molar-refractivity contribution >= 4 is 12.4 Å². The van der Waals surface area contributed by atoms with E-state index in [2.05, 4.69) is 38.8 Å². The summed E-state index contributed by atoms with van der Waals surface area (Å²) in [5.41, 5.74) is 0. The third kappa shape index (κ3) is 3.32. The molecule has 20 heavy (non-hydrogen) atoms. The number of rotatable bonds is 3. The van der Waals surface area contributed by atoms with Gasteiger partial charge in [0.25, 0.3) is 0 Å². The van der Waals surface area contributed by atoms with Gasteiger partial charge in [-0.2, -0.15) is 0 Å². The van der Waals surface area contributed by atoms with Crippen LogP contribution in [0.1, 0.15) is 44.3 Å². The second-order valence-electron chi connectivity index (χ2n) is 6.21. The molecule has 0 spiro atoms. The van der Waals surface area contributed by atoms with Crippen molar-refractivity contribution in [2.75, 3.05) is 26.2 Å². The standard InChI is InChI=1S/C14H25N5.ClH/c1-11(2)14-17-16-13-10-18(7-8-19(13)14)9-12-3-5-15-6-4-12;/h11-12,15H,3-10H2,1-2H3;1H. The van der Waals surface area contributed by atoms with Crippen LogP contribution in [0.15, 0.2) is 0 Å². The first-order valence-corrected chi connectivity index (χ1v) is 7.59. The van der Waals surface area contributed by atoms with E-state index in [1.165, 1.54) is 32.5 Å². The summed E-state index contributed by atoms with van der Waals surface area (Å²) < 4.78 is 2.32. The molecule has 114 valence electrons. The van der Waals surface area contributed by atoms with Crippen LogP contribution in [-0.2, 0) is 13.1 Å². The highest BCUT2D eigenvalue weighted by molar-refractivity contribution is 5.85. The van der Waals surface area contributed by atoms with Gasteiger partial charge in [-0.25, -0.2) is 0 Å². The lowest BCUT2D eigenvalue weighted by molar-refractivity contribution is 0.167. The molecule has 3 rings (SSSR count). The van der Waals surface area contributed by atoms with Crippen LogP contribution in [0.25, 0.3) is 0 Å². The van der Waals surface area contributed by atoms with Gasteiger partial charge in [-0.15, -0.1) is 22.6 Å². The van der Waals surface area contributed by atoms with Gasteiger partial charge >= 0.3 is 0 Å². The maximum absolute atomic E-state index is 4.38. The quantitative estimate of drug-likeness (QED) is 0.922. The number of hydrogen-bond acceptors (Lipinski definition) is 4. The van der Waals surface area contributed by atoms with Gasteiger partial charge in [0.05, 0.1) is 6.54 Å². The lowest BCUT2D eigenvalue weighted by Gasteiger charge is -2.32. The predicted molar refractivity (Wildman–Crippen MR) is 82.2 cm³/mol. The van der Waals surface area contributed by atoms with Crippen molar-refractivity contribution in [1.29, 1.82) is 0 Å². The van der Waals surface area contributed by atoms with E-state index in [9.17, 15) is 0 Å². The molecule has 0 radical (unpaired) electrons. The maximum atomic E-state index is 4.38. The number of hydrogen-bond donors (Lipinski definition) is 1. The molecule has 2 aliphatic heterocycles. The molecule has 0 saturated carbocycles. The van der Waals surface area contributed by atoms with Gasteiger partial charge in [0, 0.05) is 25.6 Å². The fourth-order valence-corrected chi connectivity index (χ4v) is 3.24. The Kier molecular flexibility index (Phi) is 5.41. The summed E-state index contributed by atoms with van der Waals surface area (Å²) in [6, 6.07) is 0. The fourth-order valence-electron chi connectivity index (χ4n) is 3.24. The molecule has 3 heterocycles. The lowest BCUT2D eigenvalue weighted by atomic mass is 9.97. The molecule has 0 bridgehead atoms. The van der Waals surface area contributed by atoms with Crippen LogP contribution in [0, 0.1) is 5.92 Å². The summed E-state index contributed by atoms with van der Waals surface area (Å²) >= 11 is 0. The molecule has 1 fully saturated rings. The summed E-state index contributed by atoms with van der Waals surface area (Å²) in [6.07, 6.45) is 2.64. The van der Waals surface area contributed by atoms with E-state index in [1.807, 2.05) is 0 Å². The minimum Gasteiger partial charge on any atom is -0.317 e. The number of nitrogens with zero attached hydrogens (tertiary/aromatic N) is 4. The van der Waals surface area contributed by atoms with E-state index in [0.29, 0.717) is 5.92 Å². The van der Waals surface area contributed by atoms with Crippen molar-refractivity contribution in [3.63, 3.8) is 0 Å². The van der Waals surface area contributed by atoms with Crippen LogP contribution < -0.4 is 5.32 Å². The van der Waals surface area contributed by atoms with E-state index in [4.69, 9.17) is 0 Å². The highest BCUT2D eigenvalue weighted by Crippen LogP contribution is 2.20. The highest BCUT2D eigenvalue weighted by Gasteiger charge is 2.24. The Morgan fingerprint density at radius 1 is 1.20 bits per heavy atom. The monoisotopic (exact) mass is 299 g/mol. The number of halogens is 1. The zero-order valence-corrected chi connectivity index (χ0v) is 13.3. The Bertz CT molecular complexity index is 425. The second kappa shape index (κ2) is 6.87. The third-order valence-corrected chi connectivity index (χ3v) is 4.35. The molecule has 0 amide bonds. The van der Waals surface area contributed by atoms with Crippen molar-refractivity contribution in [3.8, 4) is 0 Å². The first kappa shape index (κ1) is 15.7. The Hall–Kier alpha value is -0.650. The van der Waals surface area contributed by atoms with Gasteiger partial charge in [-0.1, -0.05) is 13.8 Å².